The number of rotatable bonds is 3. The molecule has 2 aliphatic heterocycles. The van der Waals surface area contributed by atoms with Crippen molar-refractivity contribution < 1.29 is 9.59 Å². The molecule has 1 spiro atoms. The van der Waals surface area contributed by atoms with Gasteiger partial charge in [-0.05, 0) is 42.7 Å². The number of benzene rings is 2. The summed E-state index contributed by atoms with van der Waals surface area (Å²) < 4.78 is 0.929. The Morgan fingerprint density at radius 2 is 1.70 bits per heavy atom. The Kier molecular flexibility index (Phi) is 5.02. The molecule has 0 bridgehead atoms. The molecule has 2 amide bonds. The second kappa shape index (κ2) is 7.44. The highest BCUT2D eigenvalue weighted by Gasteiger charge is 2.52. The van der Waals surface area contributed by atoms with Crippen molar-refractivity contribution in [3.63, 3.8) is 0 Å². The number of nitrogens with zero attached hydrogens (tertiary/aromatic N) is 2. The lowest BCUT2D eigenvalue weighted by Gasteiger charge is -2.42. The average Bonchev–Trinajstić information content (AvgIpc) is 3.00. The van der Waals surface area contributed by atoms with E-state index in [0.717, 1.165) is 24.1 Å². The van der Waals surface area contributed by atoms with Gasteiger partial charge < -0.3 is 10.2 Å². The molecule has 4 rings (SSSR count). The second-order valence-electron chi connectivity index (χ2n) is 7.20. The van der Waals surface area contributed by atoms with E-state index in [4.69, 9.17) is 0 Å². The van der Waals surface area contributed by atoms with Gasteiger partial charge in [0.2, 0.25) is 5.91 Å². The third kappa shape index (κ3) is 3.51. The van der Waals surface area contributed by atoms with Crippen molar-refractivity contribution in [1.29, 1.82) is 0 Å². The summed E-state index contributed by atoms with van der Waals surface area (Å²) in [5, 5.41) is 2.90. The van der Waals surface area contributed by atoms with Crippen molar-refractivity contribution in [2.45, 2.75) is 24.9 Å². The maximum absolute atomic E-state index is 13.1. The van der Waals surface area contributed by atoms with Gasteiger partial charge in [-0.1, -0.05) is 46.3 Å². The van der Waals surface area contributed by atoms with E-state index in [2.05, 4.69) is 38.3 Å². The van der Waals surface area contributed by atoms with Crippen molar-refractivity contribution >= 4 is 27.7 Å². The topological polar surface area (TPSA) is 52.7 Å². The lowest BCUT2D eigenvalue weighted by atomic mass is 9.85. The summed E-state index contributed by atoms with van der Waals surface area (Å²) in [4.78, 5) is 29.8. The van der Waals surface area contributed by atoms with Crippen LogP contribution in [0.2, 0.25) is 0 Å². The van der Waals surface area contributed by atoms with E-state index in [1.807, 2.05) is 30.3 Å². The van der Waals surface area contributed by atoms with E-state index < -0.39 is 5.54 Å². The molecular weight excluding hydrogens is 406 g/mol. The molecule has 2 saturated heterocycles. The van der Waals surface area contributed by atoms with Crippen LogP contribution in [-0.2, 0) is 11.3 Å². The van der Waals surface area contributed by atoms with Crippen LogP contribution in [0, 0.1) is 0 Å². The number of piperidine rings is 1. The Morgan fingerprint density at radius 3 is 2.37 bits per heavy atom. The quantitative estimate of drug-likeness (QED) is 0.818. The third-order valence-corrected chi connectivity index (χ3v) is 6.13. The number of likely N-dealkylation sites (tertiary alicyclic amines) is 1. The van der Waals surface area contributed by atoms with Gasteiger partial charge in [0.15, 0.2) is 0 Å². The number of carbonyl (C=O) groups is 2. The molecule has 0 aromatic heterocycles. The van der Waals surface area contributed by atoms with E-state index in [0.29, 0.717) is 18.4 Å². The van der Waals surface area contributed by atoms with Crippen LogP contribution in [0.25, 0.3) is 0 Å². The second-order valence-corrected chi connectivity index (χ2v) is 8.11. The van der Waals surface area contributed by atoms with Crippen LogP contribution >= 0.6 is 15.9 Å². The van der Waals surface area contributed by atoms with Crippen molar-refractivity contribution in [3.8, 4) is 0 Å². The highest BCUT2D eigenvalue weighted by atomic mass is 79.9. The SMILES string of the molecule is O=C(c1ccc(Br)cc1)N1CNC(=O)C12CCN(Cc1ccccc1)CC2. The van der Waals surface area contributed by atoms with Gasteiger partial charge in [-0.15, -0.1) is 0 Å². The summed E-state index contributed by atoms with van der Waals surface area (Å²) in [6, 6.07) is 17.7. The largest absolute Gasteiger partial charge is 0.336 e. The minimum Gasteiger partial charge on any atom is -0.336 e. The van der Waals surface area contributed by atoms with E-state index >= 15 is 0 Å². The van der Waals surface area contributed by atoms with Crippen molar-refractivity contribution in [1.82, 2.24) is 15.1 Å². The highest BCUT2D eigenvalue weighted by Crippen LogP contribution is 2.34. The molecule has 27 heavy (non-hydrogen) atoms. The molecule has 2 aliphatic rings. The van der Waals surface area contributed by atoms with Gasteiger partial charge in [-0.2, -0.15) is 0 Å². The molecule has 0 radical (unpaired) electrons. The van der Waals surface area contributed by atoms with Crippen LogP contribution in [0.3, 0.4) is 0 Å². The molecular formula is C21H22BrN3O2. The number of carbonyl (C=O) groups excluding carboxylic acids is 2. The van der Waals surface area contributed by atoms with E-state index in [1.165, 1.54) is 5.56 Å². The zero-order valence-electron chi connectivity index (χ0n) is 15.0. The third-order valence-electron chi connectivity index (χ3n) is 5.61. The minimum atomic E-state index is -0.725. The van der Waals surface area contributed by atoms with Gasteiger partial charge in [0.05, 0.1) is 6.67 Å². The molecule has 0 saturated carbocycles. The molecule has 140 valence electrons. The predicted octanol–water partition coefficient (Wildman–Crippen LogP) is 3.01. The Bertz CT molecular complexity index is 830. The molecule has 5 nitrogen and oxygen atoms in total. The van der Waals surface area contributed by atoms with Crippen LogP contribution in [0.5, 0.6) is 0 Å². The van der Waals surface area contributed by atoms with Gasteiger partial charge in [0.1, 0.15) is 5.54 Å². The van der Waals surface area contributed by atoms with E-state index in [1.54, 1.807) is 17.0 Å². The van der Waals surface area contributed by atoms with Crippen molar-refractivity contribution in [3.05, 3.63) is 70.2 Å². The number of hydrogen-bond acceptors (Lipinski definition) is 3. The summed E-state index contributed by atoms with van der Waals surface area (Å²) in [6.45, 7) is 2.75. The van der Waals surface area contributed by atoms with Gasteiger partial charge in [0.25, 0.3) is 5.91 Å². The molecule has 0 aliphatic carbocycles. The fourth-order valence-corrected chi connectivity index (χ4v) is 4.29. The zero-order chi connectivity index (χ0) is 18.9. The highest BCUT2D eigenvalue weighted by molar-refractivity contribution is 9.10. The lowest BCUT2D eigenvalue weighted by molar-refractivity contribution is -0.128. The van der Waals surface area contributed by atoms with Crippen LogP contribution in [0.1, 0.15) is 28.8 Å². The molecule has 1 N–H and O–H groups in total. The Hall–Kier alpha value is -2.18. The predicted molar refractivity (Wildman–Crippen MR) is 107 cm³/mol. The maximum atomic E-state index is 13.1. The first-order valence-corrected chi connectivity index (χ1v) is 10.00. The Labute approximate surface area is 167 Å². The Morgan fingerprint density at radius 1 is 1.04 bits per heavy atom. The molecule has 2 aromatic rings. The molecule has 2 fully saturated rings. The fraction of sp³-hybridized carbons (Fsp3) is 0.333. The standard InChI is InChI=1S/C21H22BrN3O2/c22-18-8-6-17(7-9-18)19(26)25-15-23-20(27)21(25)10-12-24(13-11-21)14-16-4-2-1-3-5-16/h1-9H,10-15H2,(H,23,27). The van der Waals surface area contributed by atoms with Gasteiger partial charge in [-0.25, -0.2) is 0 Å². The molecule has 2 aromatic carbocycles. The molecule has 2 heterocycles. The molecule has 0 unspecified atom stereocenters. The van der Waals surface area contributed by atoms with Gasteiger partial charge in [0, 0.05) is 29.7 Å². The summed E-state index contributed by atoms with van der Waals surface area (Å²) in [5.41, 5.74) is 1.16. The first kappa shape index (κ1) is 18.2. The van der Waals surface area contributed by atoms with E-state index in [-0.39, 0.29) is 18.5 Å². The smallest absolute Gasteiger partial charge is 0.256 e. The average molecular weight is 428 g/mol. The number of amides is 2. The Balaban J connectivity index is 1.48. The summed E-state index contributed by atoms with van der Waals surface area (Å²) in [7, 11) is 0. The lowest BCUT2D eigenvalue weighted by Crippen LogP contribution is -2.57. The molecule has 6 heteroatoms. The summed E-state index contributed by atoms with van der Waals surface area (Å²) in [6.07, 6.45) is 1.32. The first-order chi connectivity index (χ1) is 13.1. The summed E-state index contributed by atoms with van der Waals surface area (Å²) >= 11 is 3.39. The van der Waals surface area contributed by atoms with E-state index in [9.17, 15) is 9.59 Å². The van der Waals surface area contributed by atoms with Crippen LogP contribution in [0.15, 0.2) is 59.1 Å². The van der Waals surface area contributed by atoms with Gasteiger partial charge >= 0.3 is 0 Å². The minimum absolute atomic E-state index is 0.0210. The van der Waals surface area contributed by atoms with Crippen molar-refractivity contribution in [2.24, 2.45) is 0 Å². The monoisotopic (exact) mass is 427 g/mol. The van der Waals surface area contributed by atoms with Gasteiger partial charge in [-0.3, -0.25) is 14.5 Å². The number of halogens is 1. The molecule has 0 atom stereocenters. The summed E-state index contributed by atoms with van der Waals surface area (Å²) in [5.74, 6) is -0.107. The number of nitrogens with one attached hydrogen (secondary N) is 1. The first-order valence-electron chi connectivity index (χ1n) is 9.21. The van der Waals surface area contributed by atoms with Crippen LogP contribution < -0.4 is 5.32 Å². The fourth-order valence-electron chi connectivity index (χ4n) is 4.02. The number of hydrogen-bond donors (Lipinski definition) is 1. The van der Waals surface area contributed by atoms with Crippen LogP contribution in [-0.4, -0.2) is 46.9 Å². The zero-order valence-corrected chi connectivity index (χ0v) is 16.6. The van der Waals surface area contributed by atoms with Crippen LogP contribution in [0.4, 0.5) is 0 Å². The van der Waals surface area contributed by atoms with Crippen molar-refractivity contribution in [2.75, 3.05) is 19.8 Å². The maximum Gasteiger partial charge on any atom is 0.256 e. The normalized spacial score (nSPS) is 19.3.